The van der Waals surface area contributed by atoms with Crippen molar-refractivity contribution in [3.05, 3.63) is 41.0 Å². The number of fused-ring (bicyclic) bond motifs is 2. The van der Waals surface area contributed by atoms with Gasteiger partial charge in [-0.1, -0.05) is 18.2 Å². The molecular weight excluding hydrogens is 310 g/mol. The first-order valence-corrected chi connectivity index (χ1v) is 8.44. The van der Waals surface area contributed by atoms with Crippen molar-refractivity contribution in [2.75, 3.05) is 5.73 Å². The van der Waals surface area contributed by atoms with Crippen LogP contribution in [0.2, 0.25) is 0 Å². The van der Waals surface area contributed by atoms with E-state index >= 15 is 0 Å². The Labute approximate surface area is 137 Å². The molecule has 1 amide bonds. The number of nitrogen functional groups attached to an aromatic ring is 1. The highest BCUT2D eigenvalue weighted by Gasteiger charge is 2.23. The van der Waals surface area contributed by atoms with Crippen LogP contribution in [0, 0.1) is 0 Å². The summed E-state index contributed by atoms with van der Waals surface area (Å²) < 4.78 is 1.69. The highest BCUT2D eigenvalue weighted by Crippen LogP contribution is 2.28. The number of rotatable bonds is 3. The molecule has 1 aliphatic rings. The molecule has 0 unspecified atom stereocenters. The minimum absolute atomic E-state index is 0.0104. The largest absolute Gasteiger partial charge is 0.375 e. The van der Waals surface area contributed by atoms with Gasteiger partial charge in [0.2, 0.25) is 5.91 Å². The molecule has 23 heavy (non-hydrogen) atoms. The fraction of sp³-hybridized carbons (Fsp3) is 0.312. The molecule has 1 atom stereocenters. The first-order chi connectivity index (χ1) is 11.2. The number of aromatic nitrogens is 3. The number of nitrogens with zero attached hydrogens (tertiary/aromatic N) is 3. The van der Waals surface area contributed by atoms with E-state index in [9.17, 15) is 4.79 Å². The van der Waals surface area contributed by atoms with Crippen LogP contribution in [0.5, 0.6) is 0 Å². The van der Waals surface area contributed by atoms with Gasteiger partial charge in [-0.05, 0) is 18.9 Å². The minimum Gasteiger partial charge on any atom is -0.375 e. The van der Waals surface area contributed by atoms with Gasteiger partial charge in [0.1, 0.15) is 6.54 Å². The van der Waals surface area contributed by atoms with Gasteiger partial charge >= 0.3 is 0 Å². The second-order valence-electron chi connectivity index (χ2n) is 5.81. The third-order valence-corrected chi connectivity index (χ3v) is 5.04. The monoisotopic (exact) mass is 327 g/mol. The molecule has 1 aliphatic carbocycles. The summed E-state index contributed by atoms with van der Waals surface area (Å²) in [5.41, 5.74) is 7.75. The van der Waals surface area contributed by atoms with Crippen molar-refractivity contribution in [1.82, 2.24) is 20.1 Å². The fourth-order valence-electron chi connectivity index (χ4n) is 3.04. The molecule has 0 bridgehead atoms. The molecule has 0 aliphatic heterocycles. The summed E-state index contributed by atoms with van der Waals surface area (Å²) in [6.45, 7) is 0.239. The second kappa shape index (κ2) is 5.66. The van der Waals surface area contributed by atoms with Crippen LogP contribution in [0.4, 0.5) is 5.13 Å². The first kappa shape index (κ1) is 14.2. The molecule has 4 rings (SSSR count). The normalized spacial score (nSPS) is 17.1. The Morgan fingerprint density at radius 1 is 1.43 bits per heavy atom. The van der Waals surface area contributed by atoms with E-state index in [0.717, 1.165) is 35.9 Å². The van der Waals surface area contributed by atoms with Crippen LogP contribution in [-0.4, -0.2) is 26.7 Å². The van der Waals surface area contributed by atoms with Crippen molar-refractivity contribution in [2.45, 2.75) is 31.8 Å². The summed E-state index contributed by atoms with van der Waals surface area (Å²) in [4.78, 5) is 17.8. The second-order valence-corrected chi connectivity index (χ2v) is 6.93. The number of anilines is 1. The van der Waals surface area contributed by atoms with E-state index < -0.39 is 0 Å². The highest BCUT2D eigenvalue weighted by atomic mass is 32.1. The third-order valence-electron chi connectivity index (χ3n) is 4.09. The van der Waals surface area contributed by atoms with Crippen LogP contribution >= 0.6 is 11.3 Å². The number of hydrogen-bond acceptors (Lipinski definition) is 5. The summed E-state index contributed by atoms with van der Waals surface area (Å²) in [5, 5.41) is 9.18. The van der Waals surface area contributed by atoms with Crippen molar-refractivity contribution in [1.29, 1.82) is 0 Å². The summed E-state index contributed by atoms with van der Waals surface area (Å²) >= 11 is 1.53. The van der Waals surface area contributed by atoms with Crippen LogP contribution in [0.3, 0.4) is 0 Å². The number of nitrogens with one attached hydrogen (secondary N) is 1. The lowest BCUT2D eigenvalue weighted by atomic mass is 9.98. The zero-order valence-corrected chi connectivity index (χ0v) is 13.3. The van der Waals surface area contributed by atoms with Crippen molar-refractivity contribution >= 4 is 33.3 Å². The molecule has 0 saturated carbocycles. The Morgan fingerprint density at radius 2 is 2.30 bits per heavy atom. The molecule has 2 heterocycles. The number of carbonyl (C=O) groups excluding carboxylic acids is 1. The molecule has 0 fully saturated rings. The van der Waals surface area contributed by atoms with Gasteiger partial charge in [0.15, 0.2) is 5.13 Å². The number of nitrogens with two attached hydrogens (primary N) is 1. The van der Waals surface area contributed by atoms with Crippen LogP contribution in [0.15, 0.2) is 30.5 Å². The standard InChI is InChI=1S/C16H17N5OS/c17-16-19-13-6-5-11(7-14(13)23-16)18-15(22)9-21-8-10-3-1-2-4-12(10)20-21/h1-4,8,11H,5-7,9H2,(H2,17,19)(H,18,22)/t11-/m0/s1. The number of benzene rings is 1. The van der Waals surface area contributed by atoms with Crippen LogP contribution in [-0.2, 0) is 24.2 Å². The molecule has 6 nitrogen and oxygen atoms in total. The van der Waals surface area contributed by atoms with Gasteiger partial charge in [0, 0.05) is 28.9 Å². The maximum Gasteiger partial charge on any atom is 0.241 e. The Bertz CT molecular complexity index is 835. The number of hydrogen-bond donors (Lipinski definition) is 2. The number of thiazole rings is 1. The maximum atomic E-state index is 12.3. The zero-order chi connectivity index (χ0) is 15.8. The van der Waals surface area contributed by atoms with E-state index in [1.54, 1.807) is 4.68 Å². The van der Waals surface area contributed by atoms with E-state index in [-0.39, 0.29) is 18.5 Å². The molecule has 3 N–H and O–H groups in total. The molecule has 3 aromatic rings. The average Bonchev–Trinajstić information content (AvgIpc) is 3.07. The highest BCUT2D eigenvalue weighted by molar-refractivity contribution is 7.15. The van der Waals surface area contributed by atoms with Crippen LogP contribution < -0.4 is 11.1 Å². The summed E-state index contributed by atoms with van der Waals surface area (Å²) in [6, 6.07) is 8.00. The van der Waals surface area contributed by atoms with E-state index in [2.05, 4.69) is 15.4 Å². The van der Waals surface area contributed by atoms with Gasteiger partial charge in [0.25, 0.3) is 0 Å². The molecule has 0 saturated heterocycles. The quantitative estimate of drug-likeness (QED) is 0.767. The Morgan fingerprint density at radius 3 is 3.17 bits per heavy atom. The van der Waals surface area contributed by atoms with Gasteiger partial charge in [-0.25, -0.2) is 4.98 Å². The number of aryl methyl sites for hydroxylation is 1. The lowest BCUT2D eigenvalue weighted by Gasteiger charge is -2.22. The molecular formula is C16H17N5OS. The minimum atomic E-state index is -0.0104. The number of carbonyl (C=O) groups is 1. The van der Waals surface area contributed by atoms with E-state index in [0.29, 0.717) is 5.13 Å². The van der Waals surface area contributed by atoms with Gasteiger partial charge in [-0.2, -0.15) is 5.10 Å². The van der Waals surface area contributed by atoms with E-state index in [4.69, 9.17) is 5.73 Å². The molecule has 2 aromatic heterocycles. The number of amides is 1. The molecule has 118 valence electrons. The van der Waals surface area contributed by atoms with Crippen molar-refractivity contribution in [3.63, 3.8) is 0 Å². The Kier molecular flexibility index (Phi) is 3.49. The van der Waals surface area contributed by atoms with Gasteiger partial charge in [0.05, 0.1) is 11.2 Å². The van der Waals surface area contributed by atoms with Crippen molar-refractivity contribution < 1.29 is 4.79 Å². The predicted molar refractivity (Wildman–Crippen MR) is 90.2 cm³/mol. The Balaban J connectivity index is 1.40. The summed E-state index contributed by atoms with van der Waals surface area (Å²) in [7, 11) is 0. The lowest BCUT2D eigenvalue weighted by Crippen LogP contribution is -2.40. The molecule has 7 heteroatoms. The molecule has 0 radical (unpaired) electrons. The van der Waals surface area contributed by atoms with Crippen LogP contribution in [0.25, 0.3) is 10.9 Å². The van der Waals surface area contributed by atoms with Crippen molar-refractivity contribution in [2.24, 2.45) is 0 Å². The third kappa shape index (κ3) is 2.92. The lowest BCUT2D eigenvalue weighted by molar-refractivity contribution is -0.122. The Hall–Kier alpha value is -2.41. The van der Waals surface area contributed by atoms with Crippen molar-refractivity contribution in [3.8, 4) is 0 Å². The molecule has 0 spiro atoms. The first-order valence-electron chi connectivity index (χ1n) is 7.63. The van der Waals surface area contributed by atoms with Gasteiger partial charge < -0.3 is 11.1 Å². The van der Waals surface area contributed by atoms with E-state index in [1.807, 2.05) is 30.5 Å². The van der Waals surface area contributed by atoms with Gasteiger partial charge in [-0.15, -0.1) is 11.3 Å². The summed E-state index contributed by atoms with van der Waals surface area (Å²) in [6.07, 6.45) is 4.50. The topological polar surface area (TPSA) is 85.8 Å². The SMILES string of the molecule is Nc1nc2c(s1)C[C@@H](NC(=O)Cn1cc3ccccc3n1)CC2. The smallest absolute Gasteiger partial charge is 0.241 e. The van der Waals surface area contributed by atoms with Gasteiger partial charge in [-0.3, -0.25) is 9.48 Å². The van der Waals surface area contributed by atoms with E-state index in [1.165, 1.54) is 16.2 Å². The molecule has 1 aromatic carbocycles. The fourth-order valence-corrected chi connectivity index (χ4v) is 3.99. The van der Waals surface area contributed by atoms with Crippen LogP contribution in [0.1, 0.15) is 17.0 Å². The summed E-state index contributed by atoms with van der Waals surface area (Å²) in [5.74, 6) is -0.0104. The predicted octanol–water partition coefficient (Wildman–Crippen LogP) is 1.75. The zero-order valence-electron chi connectivity index (χ0n) is 12.5. The average molecular weight is 327 g/mol. The maximum absolute atomic E-state index is 12.3.